The molecule has 0 atom stereocenters. The van der Waals surface area contributed by atoms with E-state index in [0.29, 0.717) is 10.9 Å². The quantitative estimate of drug-likeness (QED) is 0.850. The van der Waals surface area contributed by atoms with Crippen LogP contribution in [0.4, 0.5) is 0 Å². The van der Waals surface area contributed by atoms with Crippen molar-refractivity contribution in [2.45, 2.75) is 11.8 Å². The lowest BCUT2D eigenvalue weighted by molar-refractivity contribution is -0.139. The second-order valence-corrected chi connectivity index (χ2v) is 5.92. The van der Waals surface area contributed by atoms with Crippen LogP contribution >= 0.6 is 0 Å². The third kappa shape index (κ3) is 2.78. The summed E-state index contributed by atoms with van der Waals surface area (Å²) in [6.07, 6.45) is 1.60. The van der Waals surface area contributed by atoms with Gasteiger partial charge in [-0.15, -0.1) is 0 Å². The van der Waals surface area contributed by atoms with E-state index < -0.39 is 22.5 Å². The minimum absolute atomic E-state index is 0.0927. The van der Waals surface area contributed by atoms with E-state index >= 15 is 0 Å². The van der Waals surface area contributed by atoms with Crippen LogP contribution < -0.4 is 4.72 Å². The molecule has 0 aliphatic carbocycles. The Hall–Kier alpha value is -1.99. The average molecular weight is 294 g/mol. The van der Waals surface area contributed by atoms with E-state index in [2.05, 4.69) is 14.4 Å². The number of carbonyl (C=O) groups is 1. The van der Waals surface area contributed by atoms with Crippen LogP contribution in [0, 0.1) is 6.92 Å². The second-order valence-electron chi connectivity index (χ2n) is 4.18. The first-order valence-electron chi connectivity index (χ1n) is 5.86. The number of fused-ring (bicyclic) bond motifs is 1. The third-order valence-electron chi connectivity index (χ3n) is 2.86. The van der Waals surface area contributed by atoms with E-state index in [1.165, 1.54) is 13.2 Å². The molecule has 2 aromatic rings. The highest BCUT2D eigenvalue weighted by atomic mass is 32.2. The Balaban J connectivity index is 2.47. The van der Waals surface area contributed by atoms with E-state index in [9.17, 15) is 13.2 Å². The van der Waals surface area contributed by atoms with Crippen molar-refractivity contribution in [2.75, 3.05) is 13.7 Å². The first kappa shape index (κ1) is 14.4. The smallest absolute Gasteiger partial charge is 0.320 e. The number of esters is 1. The monoisotopic (exact) mass is 294 g/mol. The number of aryl methyl sites for hydroxylation is 1. The highest BCUT2D eigenvalue weighted by molar-refractivity contribution is 7.89. The molecule has 0 amide bonds. The van der Waals surface area contributed by atoms with Crippen molar-refractivity contribution in [3.8, 4) is 0 Å². The van der Waals surface area contributed by atoms with Gasteiger partial charge < -0.3 is 4.74 Å². The number of benzene rings is 1. The molecule has 6 nitrogen and oxygen atoms in total. The number of aromatic nitrogens is 1. The Labute approximate surface area is 116 Å². The number of carbonyl (C=O) groups excluding carboxylic acids is 1. The van der Waals surface area contributed by atoms with Crippen molar-refractivity contribution in [2.24, 2.45) is 0 Å². The molecule has 1 heterocycles. The van der Waals surface area contributed by atoms with E-state index in [-0.39, 0.29) is 4.90 Å². The third-order valence-corrected chi connectivity index (χ3v) is 4.31. The van der Waals surface area contributed by atoms with Crippen LogP contribution in [0.3, 0.4) is 0 Å². The maximum Gasteiger partial charge on any atom is 0.320 e. The molecule has 0 aliphatic heterocycles. The van der Waals surface area contributed by atoms with Crippen LogP contribution in [0.15, 0.2) is 35.4 Å². The largest absolute Gasteiger partial charge is 0.468 e. The number of hydrogen-bond acceptors (Lipinski definition) is 5. The van der Waals surface area contributed by atoms with E-state index in [1.54, 1.807) is 24.4 Å². The van der Waals surface area contributed by atoms with E-state index in [1.807, 2.05) is 6.92 Å². The first-order valence-corrected chi connectivity index (χ1v) is 7.35. The Kier molecular flexibility index (Phi) is 4.01. The van der Waals surface area contributed by atoms with Crippen molar-refractivity contribution in [3.05, 3.63) is 36.0 Å². The lowest BCUT2D eigenvalue weighted by atomic mass is 10.1. The van der Waals surface area contributed by atoms with Gasteiger partial charge in [-0.2, -0.15) is 4.72 Å². The standard InChI is InChI=1S/C13H14N2O4S/c1-9-5-6-11(10-4-3-7-14-13(9)10)20(17,18)15-8-12(16)19-2/h3-7,15H,8H2,1-2H3. The van der Waals surface area contributed by atoms with Gasteiger partial charge in [0.25, 0.3) is 0 Å². The van der Waals surface area contributed by atoms with Crippen LogP contribution in [0.2, 0.25) is 0 Å². The van der Waals surface area contributed by atoms with Crippen molar-refractivity contribution in [1.82, 2.24) is 9.71 Å². The van der Waals surface area contributed by atoms with Crippen molar-refractivity contribution < 1.29 is 17.9 Å². The summed E-state index contributed by atoms with van der Waals surface area (Å²) in [7, 11) is -2.60. The van der Waals surface area contributed by atoms with Gasteiger partial charge in [0.05, 0.1) is 17.5 Å². The summed E-state index contributed by atoms with van der Waals surface area (Å²) < 4.78 is 31.1. The minimum atomic E-state index is -3.80. The number of hydrogen-bond donors (Lipinski definition) is 1. The lowest BCUT2D eigenvalue weighted by Gasteiger charge is -2.09. The van der Waals surface area contributed by atoms with E-state index in [0.717, 1.165) is 5.56 Å². The van der Waals surface area contributed by atoms with Gasteiger partial charge in [0.15, 0.2) is 0 Å². The van der Waals surface area contributed by atoms with Crippen LogP contribution in [0.1, 0.15) is 5.56 Å². The molecule has 0 aliphatic rings. The Morgan fingerprint density at radius 3 is 2.80 bits per heavy atom. The fourth-order valence-corrected chi connectivity index (χ4v) is 2.99. The summed E-state index contributed by atoms with van der Waals surface area (Å²) in [6.45, 7) is 1.45. The fraction of sp³-hybridized carbons (Fsp3) is 0.231. The summed E-state index contributed by atoms with van der Waals surface area (Å²) in [5, 5.41) is 0.518. The number of nitrogens with zero attached hydrogens (tertiary/aromatic N) is 1. The summed E-state index contributed by atoms with van der Waals surface area (Å²) in [5.74, 6) is -0.650. The number of pyridine rings is 1. The predicted molar refractivity (Wildman–Crippen MR) is 73.7 cm³/mol. The molecule has 2 rings (SSSR count). The second kappa shape index (κ2) is 5.56. The van der Waals surface area contributed by atoms with E-state index in [4.69, 9.17) is 0 Å². The number of ether oxygens (including phenoxy) is 1. The molecule has 1 aromatic carbocycles. The van der Waals surface area contributed by atoms with Crippen LogP contribution in [0.5, 0.6) is 0 Å². The topological polar surface area (TPSA) is 85.4 Å². The van der Waals surface area contributed by atoms with Gasteiger partial charge >= 0.3 is 5.97 Å². The summed E-state index contributed by atoms with van der Waals surface area (Å²) in [6, 6.07) is 6.53. The summed E-state index contributed by atoms with van der Waals surface area (Å²) in [4.78, 5) is 15.3. The normalized spacial score (nSPS) is 11.5. The van der Waals surface area contributed by atoms with Gasteiger partial charge in [-0.05, 0) is 30.7 Å². The summed E-state index contributed by atoms with van der Waals surface area (Å²) >= 11 is 0. The fourth-order valence-electron chi connectivity index (χ4n) is 1.83. The molecule has 0 fully saturated rings. The molecule has 0 bridgehead atoms. The number of methoxy groups -OCH3 is 1. The molecule has 1 aromatic heterocycles. The van der Waals surface area contributed by atoms with Crippen molar-refractivity contribution >= 4 is 26.9 Å². The highest BCUT2D eigenvalue weighted by Crippen LogP contribution is 2.23. The molecule has 0 saturated heterocycles. The Morgan fingerprint density at radius 1 is 1.35 bits per heavy atom. The minimum Gasteiger partial charge on any atom is -0.468 e. The maximum absolute atomic E-state index is 12.2. The maximum atomic E-state index is 12.2. The molecule has 20 heavy (non-hydrogen) atoms. The molecular formula is C13H14N2O4S. The average Bonchev–Trinajstić information content (AvgIpc) is 2.45. The van der Waals surface area contributed by atoms with Gasteiger partial charge in [0.2, 0.25) is 10.0 Å². The highest BCUT2D eigenvalue weighted by Gasteiger charge is 2.19. The van der Waals surface area contributed by atoms with Gasteiger partial charge in [-0.1, -0.05) is 6.07 Å². The summed E-state index contributed by atoms with van der Waals surface area (Å²) in [5.41, 5.74) is 1.50. The van der Waals surface area contributed by atoms with Crippen LogP contribution in [0.25, 0.3) is 10.9 Å². The van der Waals surface area contributed by atoms with Gasteiger partial charge in [-0.25, -0.2) is 8.42 Å². The van der Waals surface area contributed by atoms with Crippen molar-refractivity contribution in [3.63, 3.8) is 0 Å². The Bertz CT molecular complexity index is 756. The van der Waals surface area contributed by atoms with Gasteiger partial charge in [-0.3, -0.25) is 9.78 Å². The predicted octanol–water partition coefficient (Wildman–Crippen LogP) is 0.995. The molecule has 0 saturated carbocycles. The SMILES string of the molecule is COC(=O)CNS(=O)(=O)c1ccc(C)c2ncccc12. The lowest BCUT2D eigenvalue weighted by Crippen LogP contribution is -2.30. The molecule has 0 radical (unpaired) electrons. The van der Waals surface area contributed by atoms with Gasteiger partial charge in [0.1, 0.15) is 6.54 Å². The molecule has 0 spiro atoms. The number of sulfonamides is 1. The number of nitrogens with one attached hydrogen (secondary N) is 1. The van der Waals surface area contributed by atoms with Crippen LogP contribution in [-0.2, 0) is 19.6 Å². The molecule has 1 N–H and O–H groups in total. The van der Waals surface area contributed by atoms with Crippen LogP contribution in [-0.4, -0.2) is 33.0 Å². The van der Waals surface area contributed by atoms with Crippen molar-refractivity contribution in [1.29, 1.82) is 0 Å². The van der Waals surface area contributed by atoms with Gasteiger partial charge in [0, 0.05) is 11.6 Å². The zero-order valence-electron chi connectivity index (χ0n) is 11.1. The molecule has 106 valence electrons. The first-order chi connectivity index (χ1) is 9.45. The molecule has 0 unspecified atom stereocenters. The molecular weight excluding hydrogens is 280 g/mol. The molecule has 7 heteroatoms. The Morgan fingerprint density at radius 2 is 2.10 bits per heavy atom. The zero-order valence-corrected chi connectivity index (χ0v) is 11.9. The number of rotatable bonds is 4. The zero-order chi connectivity index (χ0) is 14.8.